The smallest absolute Gasteiger partial charge is 0.185 e. The van der Waals surface area contributed by atoms with Gasteiger partial charge in [-0.15, -0.1) is 0 Å². The third-order valence-electron chi connectivity index (χ3n) is 0.507. The van der Waals surface area contributed by atoms with Gasteiger partial charge >= 0.3 is 69.4 Å². The minimum Gasteiger partial charge on any atom is -0.185 e. The van der Waals surface area contributed by atoms with Crippen molar-refractivity contribution in [1.82, 2.24) is 0 Å². The quantitative estimate of drug-likeness (QED) is 0.502. The topological polar surface area (TPSA) is 27.7 Å². The van der Waals surface area contributed by atoms with Gasteiger partial charge < -0.3 is 0 Å². The van der Waals surface area contributed by atoms with Gasteiger partial charge in [0.1, 0.15) is 0 Å². The monoisotopic (exact) mass is 196 g/mol. The van der Waals surface area contributed by atoms with E-state index in [0.29, 0.717) is 0 Å². The first kappa shape index (κ1) is 14.6. The van der Waals surface area contributed by atoms with Crippen LogP contribution in [0.5, 0.6) is 0 Å². The average Bonchev–Trinajstić information content (AvgIpc) is 2.08. The third-order valence-corrected chi connectivity index (χ3v) is 1.41. The molecule has 11 heavy (non-hydrogen) atoms. The van der Waals surface area contributed by atoms with Crippen LogP contribution in [0.3, 0.4) is 0 Å². The van der Waals surface area contributed by atoms with Gasteiger partial charge in [0, 0.05) is 0 Å². The van der Waals surface area contributed by atoms with Gasteiger partial charge in [0.15, 0.2) is 0 Å². The maximum atomic E-state index is 10.4. The summed E-state index contributed by atoms with van der Waals surface area (Å²) in [5, 5.41) is 0. The van der Waals surface area contributed by atoms with Crippen molar-refractivity contribution in [2.75, 3.05) is 0 Å². The standard InChI is InChI=1S/C3H5.BF3O3.K/c1-3-2;2-5-1(6-3)7-4;/h3H,1-2H2;;. The number of rotatable bonds is 4. The van der Waals surface area contributed by atoms with Crippen molar-refractivity contribution in [3.05, 3.63) is 12.7 Å². The van der Waals surface area contributed by atoms with E-state index < -0.39 is 7.32 Å². The Balaban J connectivity index is 0. The molecule has 0 aliphatic carbocycles. The fourth-order valence-electron chi connectivity index (χ4n) is 0.0412. The predicted octanol–water partition coefficient (Wildman–Crippen LogP) is 1.43. The molecule has 0 aliphatic rings. The Labute approximate surface area is 96.3 Å². The van der Waals surface area contributed by atoms with Gasteiger partial charge in [-0.2, -0.15) is 14.6 Å². The summed E-state index contributed by atoms with van der Waals surface area (Å²) >= 11 is 0.995. The van der Waals surface area contributed by atoms with E-state index >= 15 is 0 Å². The number of hydrogen-bond donors (Lipinski definition) is 0. The molecule has 0 aromatic rings. The van der Waals surface area contributed by atoms with Crippen molar-refractivity contribution >= 4 is 56.3 Å². The Kier molecular flexibility index (Phi) is 18.2. The van der Waals surface area contributed by atoms with Crippen molar-refractivity contribution in [3.8, 4) is 0 Å². The first-order valence-corrected chi connectivity index (χ1v) is 4.90. The molecular weight excluding hydrogens is 191 g/mol. The predicted molar refractivity (Wildman–Crippen MR) is 33.1 cm³/mol. The summed E-state index contributed by atoms with van der Waals surface area (Å²) in [4.78, 5) is 7.06. The van der Waals surface area contributed by atoms with Crippen LogP contribution in [-0.2, 0) is 14.6 Å². The van der Waals surface area contributed by atoms with Gasteiger partial charge in [0.2, 0.25) is 0 Å². The molecule has 3 nitrogen and oxygen atoms in total. The van der Waals surface area contributed by atoms with Crippen LogP contribution in [0.2, 0.25) is 0.515 Å². The minimum absolute atomic E-state index is 0.995. The van der Waals surface area contributed by atoms with E-state index in [1.807, 2.05) is 6.08 Å². The molecule has 0 aromatic heterocycles. The fraction of sp³-hybridized carbons (Fsp3) is 0.333. The van der Waals surface area contributed by atoms with Gasteiger partial charge in [-0.1, -0.05) is 13.6 Å². The van der Waals surface area contributed by atoms with Crippen LogP contribution >= 0.6 is 0 Å². The molecule has 0 aromatic carbocycles. The summed E-state index contributed by atoms with van der Waals surface area (Å²) in [6.07, 6.45) is 1.96. The SMILES string of the molecule is C=C[CH2][K].FOB(OF)OF. The molecule has 60 valence electrons. The Morgan fingerprint density at radius 1 is 1.27 bits per heavy atom. The maximum absolute atomic E-state index is 10.4. The molecule has 0 unspecified atom stereocenters. The van der Waals surface area contributed by atoms with E-state index in [1.54, 1.807) is 0 Å². The van der Waals surface area contributed by atoms with Crippen molar-refractivity contribution in [1.29, 1.82) is 0 Å². The zero-order valence-electron chi connectivity index (χ0n) is 5.93. The number of allylic oxidation sites excluding steroid dienone is 1. The molecule has 0 atom stereocenters. The molecule has 0 saturated carbocycles. The second-order valence-electron chi connectivity index (χ2n) is 1.25. The van der Waals surface area contributed by atoms with E-state index in [1.165, 1.54) is 0.515 Å². The largest absolute Gasteiger partial charge is 0.737 e. The van der Waals surface area contributed by atoms with Crippen molar-refractivity contribution in [2.45, 2.75) is 0.515 Å². The second kappa shape index (κ2) is 13.7. The van der Waals surface area contributed by atoms with Crippen molar-refractivity contribution in [3.63, 3.8) is 0 Å². The number of halogens is 3. The van der Waals surface area contributed by atoms with E-state index in [0.717, 1.165) is 49.0 Å². The maximum Gasteiger partial charge on any atom is 0.737 e. The Hall–Kier alpha value is 1.11. The zero-order valence-corrected chi connectivity index (χ0v) is 9.05. The minimum atomic E-state index is -2.51. The van der Waals surface area contributed by atoms with Gasteiger partial charge in [-0.25, -0.2) is 0 Å². The normalized spacial score (nSPS) is 8.09. The van der Waals surface area contributed by atoms with Crippen LogP contribution in [0, 0.1) is 0 Å². The van der Waals surface area contributed by atoms with Crippen LogP contribution in [-0.4, -0.2) is 56.3 Å². The molecule has 8 heteroatoms. The number of hydrogen-bond acceptors (Lipinski definition) is 3. The summed E-state index contributed by atoms with van der Waals surface area (Å²) in [6.45, 7) is 3.53. The van der Waals surface area contributed by atoms with Gasteiger partial charge in [-0.3, -0.25) is 0 Å². The first-order valence-electron chi connectivity index (χ1n) is 2.69. The molecule has 0 radical (unpaired) electrons. The van der Waals surface area contributed by atoms with Crippen LogP contribution < -0.4 is 0 Å². The molecule has 0 heterocycles. The van der Waals surface area contributed by atoms with Crippen LogP contribution in [0.15, 0.2) is 12.7 Å². The average molecular weight is 196 g/mol. The van der Waals surface area contributed by atoms with Crippen LogP contribution in [0.25, 0.3) is 0 Å². The first-order chi connectivity index (χ1) is 5.26. The molecule has 0 amide bonds. The Bertz CT molecular complexity index is 78.7. The van der Waals surface area contributed by atoms with Crippen molar-refractivity contribution < 1.29 is 28.2 Å². The molecule has 0 fully saturated rings. The van der Waals surface area contributed by atoms with E-state index in [2.05, 4.69) is 21.2 Å². The van der Waals surface area contributed by atoms with E-state index in [-0.39, 0.29) is 0 Å². The molecule has 0 aliphatic heterocycles. The summed E-state index contributed by atoms with van der Waals surface area (Å²) in [5.74, 6) is 0. The van der Waals surface area contributed by atoms with Gasteiger partial charge in [0.25, 0.3) is 0 Å². The molecule has 0 N–H and O–H groups in total. The molecule has 0 rings (SSSR count). The fourth-order valence-corrected chi connectivity index (χ4v) is 0.0412. The summed E-state index contributed by atoms with van der Waals surface area (Å²) in [6, 6.07) is 0. The summed E-state index contributed by atoms with van der Waals surface area (Å²) < 4.78 is 32.6. The molecule has 0 spiro atoms. The van der Waals surface area contributed by atoms with E-state index in [4.69, 9.17) is 0 Å². The molecule has 0 bridgehead atoms. The Morgan fingerprint density at radius 3 is 1.55 bits per heavy atom. The molecular formula is C3H5BF3KO3. The van der Waals surface area contributed by atoms with E-state index in [9.17, 15) is 13.6 Å². The van der Waals surface area contributed by atoms with Gasteiger partial charge in [0.05, 0.1) is 0 Å². The summed E-state index contributed by atoms with van der Waals surface area (Å²) in [7, 11) is -2.51. The van der Waals surface area contributed by atoms with Gasteiger partial charge in [-0.05, 0) is 0 Å². The third kappa shape index (κ3) is 14.0. The summed E-state index contributed by atoms with van der Waals surface area (Å²) in [5.41, 5.74) is 0. The van der Waals surface area contributed by atoms with Crippen LogP contribution in [0.4, 0.5) is 13.6 Å². The second-order valence-corrected chi connectivity index (χ2v) is 2.53. The molecule has 0 saturated heterocycles. The van der Waals surface area contributed by atoms with Crippen LogP contribution in [0.1, 0.15) is 0 Å². The Morgan fingerprint density at radius 2 is 1.55 bits per heavy atom. The van der Waals surface area contributed by atoms with Crippen molar-refractivity contribution in [2.24, 2.45) is 0 Å². The zero-order chi connectivity index (χ0) is 9.11.